The molecule has 2 rings (SSSR count). The Balaban J connectivity index is 2.28. The van der Waals surface area contributed by atoms with E-state index >= 15 is 0 Å². The van der Waals surface area contributed by atoms with Crippen LogP contribution in [0.4, 0.5) is 0 Å². The van der Waals surface area contributed by atoms with Gasteiger partial charge in [-0.15, -0.1) is 0 Å². The number of quaternary nitrogens is 1. The van der Waals surface area contributed by atoms with E-state index < -0.39 is 0 Å². The topological polar surface area (TPSA) is 36.9 Å². The van der Waals surface area contributed by atoms with Crippen LogP contribution < -0.4 is 5.32 Å². The zero-order valence-electron chi connectivity index (χ0n) is 9.55. The van der Waals surface area contributed by atoms with E-state index in [-0.39, 0.29) is 5.91 Å². The molecule has 2 aliphatic rings. The molecule has 0 unspecified atom stereocenters. The number of carbonyl (C=O) groups is 1. The molecule has 2 aliphatic heterocycles. The van der Waals surface area contributed by atoms with Crippen molar-refractivity contribution in [2.45, 2.75) is 19.8 Å². The number of allylic oxidation sites excluding steroid dienone is 1. The monoisotopic (exact) mass is 207 g/mol. The Labute approximate surface area is 90.8 Å². The van der Waals surface area contributed by atoms with Crippen molar-refractivity contribution in [3.05, 3.63) is 22.8 Å². The minimum Gasteiger partial charge on any atom is -0.342 e. The zero-order valence-corrected chi connectivity index (χ0v) is 9.55. The quantitative estimate of drug-likeness (QED) is 0.560. The maximum Gasteiger partial charge on any atom is 0.246 e. The molecule has 82 valence electrons. The van der Waals surface area contributed by atoms with Crippen LogP contribution in [0.25, 0.3) is 0 Å². The van der Waals surface area contributed by atoms with Crippen LogP contribution in [0.5, 0.6) is 0 Å². The summed E-state index contributed by atoms with van der Waals surface area (Å²) in [6, 6.07) is 0. The first-order valence-corrected chi connectivity index (χ1v) is 5.60. The number of nitrogens with zero attached hydrogens (tertiary/aromatic N) is 1. The molecule has 0 bridgehead atoms. The lowest BCUT2D eigenvalue weighted by Crippen LogP contribution is -2.86. The van der Waals surface area contributed by atoms with E-state index in [0.717, 1.165) is 25.9 Å². The van der Waals surface area contributed by atoms with Gasteiger partial charge in [0.15, 0.2) is 0 Å². The van der Waals surface area contributed by atoms with E-state index in [0.29, 0.717) is 0 Å². The molecule has 15 heavy (non-hydrogen) atoms. The molecule has 0 radical (unpaired) electrons. The van der Waals surface area contributed by atoms with Crippen LogP contribution in [0.1, 0.15) is 19.8 Å². The molecule has 0 fully saturated rings. The third-order valence-electron chi connectivity index (χ3n) is 3.21. The molecular formula is C12H19N2O+. The van der Waals surface area contributed by atoms with Gasteiger partial charge < -0.3 is 10.2 Å². The summed E-state index contributed by atoms with van der Waals surface area (Å²) in [7, 11) is 1.89. The van der Waals surface area contributed by atoms with Gasteiger partial charge in [0.2, 0.25) is 5.91 Å². The maximum atomic E-state index is 11.7. The predicted molar refractivity (Wildman–Crippen MR) is 59.3 cm³/mol. The summed E-state index contributed by atoms with van der Waals surface area (Å²) in [5.74, 6) is 0.147. The number of carbonyl (C=O) groups excluding carboxylic acids is 1. The Morgan fingerprint density at radius 1 is 1.40 bits per heavy atom. The Kier molecular flexibility index (Phi) is 2.91. The average Bonchev–Trinajstić information content (AvgIpc) is 2.19. The molecule has 0 atom stereocenters. The highest BCUT2D eigenvalue weighted by Crippen LogP contribution is 2.20. The Bertz CT molecular complexity index is 342. The Hall–Kier alpha value is -1.09. The highest BCUT2D eigenvalue weighted by Gasteiger charge is 2.20. The van der Waals surface area contributed by atoms with Gasteiger partial charge >= 0.3 is 0 Å². The van der Waals surface area contributed by atoms with Crippen LogP contribution >= 0.6 is 0 Å². The van der Waals surface area contributed by atoms with Crippen molar-refractivity contribution < 1.29 is 10.1 Å². The van der Waals surface area contributed by atoms with E-state index in [1.165, 1.54) is 23.3 Å². The SMILES string of the molecule is CC1=CC(=O)N(C)CC2=C(C[NH2+]CC2)C1. The van der Waals surface area contributed by atoms with E-state index in [4.69, 9.17) is 0 Å². The van der Waals surface area contributed by atoms with Crippen molar-refractivity contribution in [1.29, 1.82) is 0 Å². The van der Waals surface area contributed by atoms with Gasteiger partial charge in [-0.2, -0.15) is 0 Å². The van der Waals surface area contributed by atoms with Crippen molar-refractivity contribution in [2.24, 2.45) is 0 Å². The minimum absolute atomic E-state index is 0.147. The highest BCUT2D eigenvalue weighted by molar-refractivity contribution is 5.88. The molecule has 0 aromatic carbocycles. The van der Waals surface area contributed by atoms with E-state index in [2.05, 4.69) is 12.2 Å². The van der Waals surface area contributed by atoms with Gasteiger partial charge in [-0.05, 0) is 24.5 Å². The van der Waals surface area contributed by atoms with E-state index in [1.54, 1.807) is 6.08 Å². The number of hydrogen-bond donors (Lipinski definition) is 1. The van der Waals surface area contributed by atoms with Gasteiger partial charge in [-0.25, -0.2) is 0 Å². The van der Waals surface area contributed by atoms with Crippen molar-refractivity contribution in [2.75, 3.05) is 26.7 Å². The summed E-state index contributed by atoms with van der Waals surface area (Å²) in [5.41, 5.74) is 4.21. The third-order valence-corrected chi connectivity index (χ3v) is 3.21. The summed E-state index contributed by atoms with van der Waals surface area (Å²) in [6.07, 6.45) is 3.91. The Morgan fingerprint density at radius 2 is 2.20 bits per heavy atom. The van der Waals surface area contributed by atoms with Crippen LogP contribution in [0.2, 0.25) is 0 Å². The first-order chi connectivity index (χ1) is 7.16. The average molecular weight is 207 g/mol. The molecule has 3 nitrogen and oxygen atoms in total. The molecule has 2 N–H and O–H groups in total. The second-order valence-electron chi connectivity index (χ2n) is 4.60. The van der Waals surface area contributed by atoms with Crippen LogP contribution in [0, 0.1) is 0 Å². The van der Waals surface area contributed by atoms with Crippen molar-refractivity contribution in [1.82, 2.24) is 4.90 Å². The van der Waals surface area contributed by atoms with Crippen molar-refractivity contribution in [3.8, 4) is 0 Å². The number of nitrogens with two attached hydrogens (primary N) is 1. The minimum atomic E-state index is 0.147. The lowest BCUT2D eigenvalue weighted by atomic mass is 9.94. The number of hydrogen-bond acceptors (Lipinski definition) is 1. The largest absolute Gasteiger partial charge is 0.342 e. The van der Waals surface area contributed by atoms with Crippen LogP contribution in [-0.4, -0.2) is 37.5 Å². The zero-order chi connectivity index (χ0) is 10.8. The molecule has 0 aromatic rings. The van der Waals surface area contributed by atoms with Gasteiger partial charge in [-0.3, -0.25) is 4.79 Å². The summed E-state index contributed by atoms with van der Waals surface area (Å²) in [4.78, 5) is 13.5. The number of likely N-dealkylation sites (N-methyl/N-ethyl adjacent to an activating group) is 1. The molecular weight excluding hydrogens is 188 g/mol. The van der Waals surface area contributed by atoms with E-state index in [9.17, 15) is 4.79 Å². The fourth-order valence-corrected chi connectivity index (χ4v) is 2.33. The fourth-order valence-electron chi connectivity index (χ4n) is 2.33. The molecule has 1 amide bonds. The van der Waals surface area contributed by atoms with Gasteiger partial charge in [0, 0.05) is 26.1 Å². The molecule has 0 aromatic heterocycles. The van der Waals surface area contributed by atoms with Crippen molar-refractivity contribution in [3.63, 3.8) is 0 Å². The maximum absolute atomic E-state index is 11.7. The smallest absolute Gasteiger partial charge is 0.246 e. The lowest BCUT2D eigenvalue weighted by Gasteiger charge is -2.26. The summed E-state index contributed by atoms with van der Waals surface area (Å²) >= 11 is 0. The second-order valence-corrected chi connectivity index (χ2v) is 4.60. The highest BCUT2D eigenvalue weighted by atomic mass is 16.2. The van der Waals surface area contributed by atoms with Crippen molar-refractivity contribution >= 4 is 5.91 Å². The van der Waals surface area contributed by atoms with Gasteiger partial charge in [0.1, 0.15) is 0 Å². The normalized spacial score (nSPS) is 23.2. The van der Waals surface area contributed by atoms with Crippen LogP contribution in [0.15, 0.2) is 22.8 Å². The third kappa shape index (κ3) is 2.29. The standard InChI is InChI=1S/C12H18N2O/c1-9-5-11-7-13-4-3-10(11)8-14(2)12(15)6-9/h6,13H,3-5,7-8H2,1-2H3/p+1. The summed E-state index contributed by atoms with van der Waals surface area (Å²) in [6.45, 7) is 5.16. The Morgan fingerprint density at radius 3 is 3.00 bits per heavy atom. The molecule has 0 spiro atoms. The first kappa shape index (κ1) is 10.4. The number of amides is 1. The van der Waals surface area contributed by atoms with Gasteiger partial charge in [-0.1, -0.05) is 5.57 Å². The van der Waals surface area contributed by atoms with Crippen LogP contribution in [0.3, 0.4) is 0 Å². The molecule has 0 saturated carbocycles. The van der Waals surface area contributed by atoms with Gasteiger partial charge in [0.05, 0.1) is 13.1 Å². The predicted octanol–water partition coefficient (Wildman–Crippen LogP) is 0.0585. The summed E-state index contributed by atoms with van der Waals surface area (Å²) < 4.78 is 0. The molecule has 2 heterocycles. The first-order valence-electron chi connectivity index (χ1n) is 5.60. The van der Waals surface area contributed by atoms with Crippen LogP contribution in [-0.2, 0) is 4.79 Å². The molecule has 0 saturated heterocycles. The molecule has 3 heteroatoms. The summed E-state index contributed by atoms with van der Waals surface area (Å²) in [5, 5.41) is 2.36. The molecule has 0 aliphatic carbocycles. The number of rotatable bonds is 0. The fraction of sp³-hybridized carbons (Fsp3) is 0.583. The van der Waals surface area contributed by atoms with E-state index in [1.807, 2.05) is 11.9 Å². The lowest BCUT2D eigenvalue weighted by molar-refractivity contribution is -0.650. The van der Waals surface area contributed by atoms with Gasteiger partial charge in [0.25, 0.3) is 0 Å². The second kappa shape index (κ2) is 4.19.